The molecule has 5 nitrogen and oxygen atoms in total. The Morgan fingerprint density at radius 2 is 2.00 bits per heavy atom. The number of hydrogen-bond donors (Lipinski definition) is 2. The monoisotopic (exact) mass is 242 g/mol. The van der Waals surface area contributed by atoms with Gasteiger partial charge in [-0.15, -0.1) is 0 Å². The Morgan fingerprint density at radius 3 is 2.67 bits per heavy atom. The molecule has 1 amide bonds. The summed E-state index contributed by atoms with van der Waals surface area (Å²) in [4.78, 5) is 19.8. The molecular formula is C13H14N4O. The first kappa shape index (κ1) is 12.0. The van der Waals surface area contributed by atoms with Gasteiger partial charge in [-0.05, 0) is 37.6 Å². The van der Waals surface area contributed by atoms with Gasteiger partial charge in [0.15, 0.2) is 0 Å². The molecule has 92 valence electrons. The molecule has 0 saturated heterocycles. The van der Waals surface area contributed by atoms with Crippen molar-refractivity contribution in [2.24, 2.45) is 0 Å². The molecule has 0 unspecified atom stereocenters. The van der Waals surface area contributed by atoms with E-state index < -0.39 is 0 Å². The smallest absolute Gasteiger partial charge is 0.274 e. The average Bonchev–Trinajstić information content (AvgIpc) is 2.27. The van der Waals surface area contributed by atoms with E-state index in [1.54, 1.807) is 13.0 Å². The standard InChI is InChI=1S/C13H14N4O/c1-8-4-3-5-10(6-8)16-12(18)11-7-9(2)15-13(14)17-11/h3-7H,1-2H3,(H,16,18)(H2,14,15,17). The first-order valence-electron chi connectivity index (χ1n) is 5.54. The normalized spacial score (nSPS) is 10.1. The van der Waals surface area contributed by atoms with Crippen molar-refractivity contribution in [1.29, 1.82) is 0 Å². The summed E-state index contributed by atoms with van der Waals surface area (Å²) in [6.45, 7) is 3.73. The molecule has 0 spiro atoms. The van der Waals surface area contributed by atoms with E-state index in [0.717, 1.165) is 11.3 Å². The van der Waals surface area contributed by atoms with Crippen LogP contribution in [0, 0.1) is 13.8 Å². The van der Waals surface area contributed by atoms with Crippen molar-refractivity contribution in [3.05, 3.63) is 47.3 Å². The van der Waals surface area contributed by atoms with Crippen LogP contribution in [0.1, 0.15) is 21.7 Å². The zero-order chi connectivity index (χ0) is 13.1. The number of amides is 1. The fourth-order valence-electron chi connectivity index (χ4n) is 1.63. The summed E-state index contributed by atoms with van der Waals surface area (Å²) < 4.78 is 0. The Balaban J connectivity index is 2.22. The number of nitrogens with two attached hydrogens (primary N) is 1. The predicted molar refractivity (Wildman–Crippen MR) is 70.3 cm³/mol. The lowest BCUT2D eigenvalue weighted by Crippen LogP contribution is -2.15. The van der Waals surface area contributed by atoms with Crippen LogP contribution < -0.4 is 11.1 Å². The Labute approximate surface area is 105 Å². The van der Waals surface area contributed by atoms with Crippen LogP contribution in [0.15, 0.2) is 30.3 Å². The summed E-state index contributed by atoms with van der Waals surface area (Å²) >= 11 is 0. The van der Waals surface area contributed by atoms with E-state index in [1.165, 1.54) is 0 Å². The summed E-state index contributed by atoms with van der Waals surface area (Å²) in [5, 5.41) is 2.77. The molecular weight excluding hydrogens is 228 g/mol. The van der Waals surface area contributed by atoms with Gasteiger partial charge in [0.05, 0.1) is 0 Å². The van der Waals surface area contributed by atoms with Crippen molar-refractivity contribution >= 4 is 17.5 Å². The van der Waals surface area contributed by atoms with Crippen molar-refractivity contribution < 1.29 is 4.79 Å². The SMILES string of the molecule is Cc1cccc(NC(=O)c2cc(C)nc(N)n2)c1. The van der Waals surface area contributed by atoms with Crippen LogP contribution in [0.4, 0.5) is 11.6 Å². The molecule has 0 fully saturated rings. The molecule has 2 aromatic rings. The lowest BCUT2D eigenvalue weighted by Gasteiger charge is -2.06. The third kappa shape index (κ3) is 2.82. The van der Waals surface area contributed by atoms with E-state index in [2.05, 4.69) is 15.3 Å². The van der Waals surface area contributed by atoms with Crippen molar-refractivity contribution in [2.45, 2.75) is 13.8 Å². The van der Waals surface area contributed by atoms with Crippen LogP contribution in [0.3, 0.4) is 0 Å². The van der Waals surface area contributed by atoms with E-state index in [1.807, 2.05) is 31.2 Å². The second-order valence-electron chi connectivity index (χ2n) is 4.08. The number of nitrogens with one attached hydrogen (secondary N) is 1. The van der Waals surface area contributed by atoms with Gasteiger partial charge in [0.2, 0.25) is 5.95 Å². The van der Waals surface area contributed by atoms with E-state index in [0.29, 0.717) is 5.69 Å². The number of nitrogen functional groups attached to an aromatic ring is 1. The van der Waals surface area contributed by atoms with Gasteiger partial charge in [-0.2, -0.15) is 0 Å². The number of benzene rings is 1. The maximum absolute atomic E-state index is 12.0. The molecule has 18 heavy (non-hydrogen) atoms. The van der Waals surface area contributed by atoms with Crippen molar-refractivity contribution in [3.63, 3.8) is 0 Å². The predicted octanol–water partition coefficient (Wildman–Crippen LogP) is 1.93. The molecule has 1 heterocycles. The molecule has 0 bridgehead atoms. The molecule has 5 heteroatoms. The number of aryl methyl sites for hydroxylation is 2. The van der Waals surface area contributed by atoms with Gasteiger partial charge in [-0.25, -0.2) is 9.97 Å². The number of nitrogens with zero attached hydrogens (tertiary/aromatic N) is 2. The maximum atomic E-state index is 12.0. The lowest BCUT2D eigenvalue weighted by atomic mass is 10.2. The van der Waals surface area contributed by atoms with Gasteiger partial charge < -0.3 is 11.1 Å². The number of aromatic nitrogens is 2. The number of carbonyl (C=O) groups is 1. The van der Waals surface area contributed by atoms with Gasteiger partial charge in [-0.1, -0.05) is 12.1 Å². The molecule has 0 saturated carbocycles. The van der Waals surface area contributed by atoms with Crippen molar-refractivity contribution in [3.8, 4) is 0 Å². The van der Waals surface area contributed by atoms with E-state index >= 15 is 0 Å². The summed E-state index contributed by atoms with van der Waals surface area (Å²) in [6, 6.07) is 9.14. The van der Waals surface area contributed by atoms with Crippen molar-refractivity contribution in [1.82, 2.24) is 9.97 Å². The molecule has 3 N–H and O–H groups in total. The summed E-state index contributed by atoms with van der Waals surface area (Å²) in [5.41, 5.74) is 8.25. The van der Waals surface area contributed by atoms with Crippen LogP contribution in [-0.2, 0) is 0 Å². The van der Waals surface area contributed by atoms with Gasteiger partial charge in [0.1, 0.15) is 5.69 Å². The molecule has 1 aromatic heterocycles. The zero-order valence-electron chi connectivity index (χ0n) is 10.3. The number of anilines is 2. The number of carbonyl (C=O) groups excluding carboxylic acids is 1. The topological polar surface area (TPSA) is 80.9 Å². The van der Waals surface area contributed by atoms with Crippen LogP contribution in [0.25, 0.3) is 0 Å². The molecule has 0 aliphatic heterocycles. The second kappa shape index (κ2) is 4.83. The van der Waals surface area contributed by atoms with Crippen molar-refractivity contribution in [2.75, 3.05) is 11.1 Å². The van der Waals surface area contributed by atoms with Gasteiger partial charge in [0.25, 0.3) is 5.91 Å². The van der Waals surface area contributed by atoms with Crippen LogP contribution in [0.5, 0.6) is 0 Å². The third-order valence-corrected chi connectivity index (χ3v) is 2.38. The maximum Gasteiger partial charge on any atom is 0.274 e. The second-order valence-corrected chi connectivity index (χ2v) is 4.08. The summed E-state index contributed by atoms with van der Waals surface area (Å²) in [6.07, 6.45) is 0. The quantitative estimate of drug-likeness (QED) is 0.843. The van der Waals surface area contributed by atoms with Gasteiger partial charge >= 0.3 is 0 Å². The Morgan fingerprint density at radius 1 is 1.22 bits per heavy atom. The van der Waals surface area contributed by atoms with Gasteiger partial charge in [0, 0.05) is 11.4 Å². The minimum atomic E-state index is -0.294. The molecule has 0 atom stereocenters. The Bertz CT molecular complexity index is 575. The zero-order valence-corrected chi connectivity index (χ0v) is 10.3. The number of hydrogen-bond acceptors (Lipinski definition) is 4. The van der Waals surface area contributed by atoms with Crippen LogP contribution in [0.2, 0.25) is 0 Å². The highest BCUT2D eigenvalue weighted by molar-refractivity contribution is 6.03. The highest BCUT2D eigenvalue weighted by Crippen LogP contribution is 2.11. The van der Waals surface area contributed by atoms with E-state index in [4.69, 9.17) is 5.73 Å². The highest BCUT2D eigenvalue weighted by atomic mass is 16.1. The molecule has 0 aliphatic carbocycles. The van der Waals surface area contributed by atoms with E-state index in [9.17, 15) is 4.79 Å². The minimum absolute atomic E-state index is 0.101. The minimum Gasteiger partial charge on any atom is -0.368 e. The largest absolute Gasteiger partial charge is 0.368 e. The molecule has 1 aromatic carbocycles. The van der Waals surface area contributed by atoms with Crippen LogP contribution >= 0.6 is 0 Å². The fraction of sp³-hybridized carbons (Fsp3) is 0.154. The first-order valence-corrected chi connectivity index (χ1v) is 5.54. The summed E-state index contributed by atoms with van der Waals surface area (Å²) in [7, 11) is 0. The lowest BCUT2D eigenvalue weighted by molar-refractivity contribution is 0.102. The molecule has 0 aliphatic rings. The third-order valence-electron chi connectivity index (χ3n) is 2.38. The first-order chi connectivity index (χ1) is 8.54. The van der Waals surface area contributed by atoms with Gasteiger partial charge in [-0.3, -0.25) is 4.79 Å². The number of rotatable bonds is 2. The fourth-order valence-corrected chi connectivity index (χ4v) is 1.63. The van der Waals surface area contributed by atoms with Crippen LogP contribution in [-0.4, -0.2) is 15.9 Å². The average molecular weight is 242 g/mol. The highest BCUT2D eigenvalue weighted by Gasteiger charge is 2.09. The Hall–Kier alpha value is -2.43. The molecule has 0 radical (unpaired) electrons. The summed E-state index contributed by atoms with van der Waals surface area (Å²) in [5.74, 6) is -0.192. The Kier molecular flexibility index (Phi) is 3.23. The van der Waals surface area contributed by atoms with E-state index in [-0.39, 0.29) is 17.5 Å². The molecule has 2 rings (SSSR count).